The average molecular weight is 271 g/mol. The van der Waals surface area contributed by atoms with Crippen molar-refractivity contribution in [3.8, 4) is 0 Å². The lowest BCUT2D eigenvalue weighted by molar-refractivity contribution is 0.0936. The molecule has 82 valence electrons. The van der Waals surface area contributed by atoms with Crippen molar-refractivity contribution in [1.82, 2.24) is 4.98 Å². The van der Waals surface area contributed by atoms with Crippen LogP contribution in [-0.4, -0.2) is 23.7 Å². The van der Waals surface area contributed by atoms with Crippen LogP contribution in [0.5, 0.6) is 0 Å². The highest BCUT2D eigenvalue weighted by molar-refractivity contribution is 9.10. The number of hydrogen-bond donors (Lipinski definition) is 1. The SMILES string of the molecule is COC1(C)CC1Nc1ncc(C)cc1Br. The van der Waals surface area contributed by atoms with Crippen molar-refractivity contribution in [2.75, 3.05) is 12.4 Å². The number of anilines is 1. The molecule has 2 unspecified atom stereocenters. The molecule has 4 heteroatoms. The molecule has 1 aromatic rings. The van der Waals surface area contributed by atoms with E-state index in [0.717, 1.165) is 22.3 Å². The maximum Gasteiger partial charge on any atom is 0.140 e. The molecule has 1 aliphatic carbocycles. The van der Waals surface area contributed by atoms with E-state index in [9.17, 15) is 0 Å². The van der Waals surface area contributed by atoms with Crippen molar-refractivity contribution < 1.29 is 4.74 Å². The van der Waals surface area contributed by atoms with Crippen molar-refractivity contribution in [1.29, 1.82) is 0 Å². The minimum atomic E-state index is -0.0218. The van der Waals surface area contributed by atoms with E-state index in [1.807, 2.05) is 13.1 Å². The van der Waals surface area contributed by atoms with Gasteiger partial charge in [0.2, 0.25) is 0 Å². The molecule has 1 N–H and O–H groups in total. The number of rotatable bonds is 3. The second-order valence-corrected chi connectivity index (χ2v) is 5.12. The molecule has 1 heterocycles. The lowest BCUT2D eigenvalue weighted by atomic mass is 10.3. The number of ether oxygens (including phenoxy) is 1. The summed E-state index contributed by atoms with van der Waals surface area (Å²) in [6.45, 7) is 4.13. The number of pyridine rings is 1. The van der Waals surface area contributed by atoms with E-state index in [1.165, 1.54) is 0 Å². The van der Waals surface area contributed by atoms with Gasteiger partial charge in [0.05, 0.1) is 16.1 Å². The molecule has 0 aliphatic heterocycles. The summed E-state index contributed by atoms with van der Waals surface area (Å²) in [6.07, 6.45) is 2.89. The van der Waals surface area contributed by atoms with Crippen LogP contribution >= 0.6 is 15.9 Å². The van der Waals surface area contributed by atoms with Crippen LogP contribution in [0.25, 0.3) is 0 Å². The minimum absolute atomic E-state index is 0.0218. The third-order valence-electron chi connectivity index (χ3n) is 2.94. The Labute approximate surface area is 98.4 Å². The molecular weight excluding hydrogens is 256 g/mol. The Morgan fingerprint density at radius 3 is 2.93 bits per heavy atom. The van der Waals surface area contributed by atoms with Gasteiger partial charge in [-0.15, -0.1) is 0 Å². The van der Waals surface area contributed by atoms with Crippen LogP contribution in [0.2, 0.25) is 0 Å². The summed E-state index contributed by atoms with van der Waals surface area (Å²) in [5, 5.41) is 3.37. The summed E-state index contributed by atoms with van der Waals surface area (Å²) in [6, 6.07) is 2.43. The molecule has 0 spiro atoms. The van der Waals surface area contributed by atoms with Crippen LogP contribution in [-0.2, 0) is 4.74 Å². The molecule has 3 nitrogen and oxygen atoms in total. The van der Waals surface area contributed by atoms with E-state index in [4.69, 9.17) is 4.74 Å². The van der Waals surface area contributed by atoms with Gasteiger partial charge in [0, 0.05) is 19.7 Å². The molecule has 1 aromatic heterocycles. The molecule has 0 amide bonds. The largest absolute Gasteiger partial charge is 0.376 e. The summed E-state index contributed by atoms with van der Waals surface area (Å²) >= 11 is 3.50. The van der Waals surface area contributed by atoms with E-state index >= 15 is 0 Å². The predicted octanol–water partition coefficient (Wildman–Crippen LogP) is 2.74. The topological polar surface area (TPSA) is 34.1 Å². The smallest absolute Gasteiger partial charge is 0.140 e. The number of halogens is 1. The lowest BCUT2D eigenvalue weighted by Gasteiger charge is -2.11. The zero-order valence-electron chi connectivity index (χ0n) is 9.17. The van der Waals surface area contributed by atoms with Crippen LogP contribution in [0.4, 0.5) is 5.82 Å². The number of nitrogens with one attached hydrogen (secondary N) is 1. The second kappa shape index (κ2) is 3.76. The fraction of sp³-hybridized carbons (Fsp3) is 0.545. The number of methoxy groups -OCH3 is 1. The van der Waals surface area contributed by atoms with Crippen LogP contribution in [0, 0.1) is 6.92 Å². The van der Waals surface area contributed by atoms with Crippen LogP contribution < -0.4 is 5.32 Å². The first kappa shape index (κ1) is 10.9. The molecule has 1 aliphatic rings. The maximum atomic E-state index is 5.39. The fourth-order valence-corrected chi connectivity index (χ4v) is 2.16. The van der Waals surface area contributed by atoms with Gasteiger partial charge in [0.1, 0.15) is 5.82 Å². The van der Waals surface area contributed by atoms with Crippen LogP contribution in [0.15, 0.2) is 16.7 Å². The standard InChI is InChI=1S/C11H15BrN2O/c1-7-4-8(12)10(13-6-7)14-9-5-11(9,2)15-3/h4,6,9H,5H2,1-3H3,(H,13,14). The monoisotopic (exact) mass is 270 g/mol. The molecular formula is C11H15BrN2O. The molecule has 0 saturated heterocycles. The van der Waals surface area contributed by atoms with Crippen molar-refractivity contribution in [3.63, 3.8) is 0 Å². The highest BCUT2D eigenvalue weighted by Gasteiger charge is 2.51. The van der Waals surface area contributed by atoms with Gasteiger partial charge in [0.15, 0.2) is 0 Å². The van der Waals surface area contributed by atoms with Crippen molar-refractivity contribution >= 4 is 21.7 Å². The average Bonchev–Trinajstić information content (AvgIpc) is 2.83. The predicted molar refractivity (Wildman–Crippen MR) is 64.1 cm³/mol. The Balaban J connectivity index is 2.07. The quantitative estimate of drug-likeness (QED) is 0.917. The van der Waals surface area contributed by atoms with Gasteiger partial charge in [-0.25, -0.2) is 4.98 Å². The zero-order chi connectivity index (χ0) is 11.1. The van der Waals surface area contributed by atoms with Gasteiger partial charge in [-0.05, 0) is 41.4 Å². The molecule has 0 aromatic carbocycles. The Morgan fingerprint density at radius 1 is 1.67 bits per heavy atom. The van der Waals surface area contributed by atoms with Gasteiger partial charge >= 0.3 is 0 Å². The second-order valence-electron chi connectivity index (χ2n) is 4.26. The van der Waals surface area contributed by atoms with Gasteiger partial charge < -0.3 is 10.1 Å². The van der Waals surface area contributed by atoms with E-state index in [0.29, 0.717) is 6.04 Å². The Morgan fingerprint density at radius 2 is 2.40 bits per heavy atom. The molecule has 1 saturated carbocycles. The molecule has 15 heavy (non-hydrogen) atoms. The Bertz CT molecular complexity index is 383. The van der Waals surface area contributed by atoms with Crippen LogP contribution in [0.1, 0.15) is 18.9 Å². The zero-order valence-corrected chi connectivity index (χ0v) is 10.8. The summed E-state index contributed by atoms with van der Waals surface area (Å²) in [4.78, 5) is 4.34. The van der Waals surface area contributed by atoms with E-state index in [1.54, 1.807) is 7.11 Å². The third-order valence-corrected chi connectivity index (χ3v) is 3.55. The Kier molecular flexibility index (Phi) is 2.73. The maximum absolute atomic E-state index is 5.39. The Hall–Kier alpha value is -0.610. The third kappa shape index (κ3) is 2.16. The normalized spacial score (nSPS) is 28.9. The van der Waals surface area contributed by atoms with Crippen molar-refractivity contribution in [2.45, 2.75) is 31.9 Å². The number of aromatic nitrogens is 1. The van der Waals surface area contributed by atoms with E-state index in [-0.39, 0.29) is 5.60 Å². The lowest BCUT2D eigenvalue weighted by Crippen LogP contribution is -2.18. The summed E-state index contributed by atoms with van der Waals surface area (Å²) < 4.78 is 6.40. The summed E-state index contributed by atoms with van der Waals surface area (Å²) in [5.74, 6) is 0.895. The molecule has 2 atom stereocenters. The first-order valence-corrected chi connectivity index (χ1v) is 5.78. The van der Waals surface area contributed by atoms with E-state index in [2.05, 4.69) is 39.2 Å². The first-order valence-electron chi connectivity index (χ1n) is 4.99. The highest BCUT2D eigenvalue weighted by Crippen LogP contribution is 2.41. The molecule has 1 fully saturated rings. The highest BCUT2D eigenvalue weighted by atomic mass is 79.9. The number of nitrogens with zero attached hydrogens (tertiary/aromatic N) is 1. The number of hydrogen-bond acceptors (Lipinski definition) is 3. The van der Waals surface area contributed by atoms with Gasteiger partial charge in [-0.2, -0.15) is 0 Å². The molecule has 0 radical (unpaired) electrons. The van der Waals surface area contributed by atoms with Gasteiger partial charge in [-0.1, -0.05) is 0 Å². The van der Waals surface area contributed by atoms with E-state index < -0.39 is 0 Å². The van der Waals surface area contributed by atoms with Gasteiger partial charge in [-0.3, -0.25) is 0 Å². The molecule has 0 bridgehead atoms. The number of aryl methyl sites for hydroxylation is 1. The van der Waals surface area contributed by atoms with Crippen LogP contribution in [0.3, 0.4) is 0 Å². The first-order chi connectivity index (χ1) is 7.05. The fourth-order valence-electron chi connectivity index (χ4n) is 1.58. The summed E-state index contributed by atoms with van der Waals surface area (Å²) in [7, 11) is 1.75. The minimum Gasteiger partial charge on any atom is -0.376 e. The summed E-state index contributed by atoms with van der Waals surface area (Å²) in [5.41, 5.74) is 1.13. The van der Waals surface area contributed by atoms with Gasteiger partial charge in [0.25, 0.3) is 0 Å². The van der Waals surface area contributed by atoms with Crippen molar-refractivity contribution in [3.05, 3.63) is 22.3 Å². The van der Waals surface area contributed by atoms with Crippen molar-refractivity contribution in [2.24, 2.45) is 0 Å². The molecule has 2 rings (SSSR count).